The number of carboxylic acids is 1. The Morgan fingerprint density at radius 1 is 0.875 bits per heavy atom. The van der Waals surface area contributed by atoms with Crippen LogP contribution >= 0.6 is 0 Å². The van der Waals surface area contributed by atoms with Gasteiger partial charge in [-0.05, 0) is 12.3 Å². The van der Waals surface area contributed by atoms with Gasteiger partial charge in [-0.25, -0.2) is 0 Å². The zero-order valence-electron chi connectivity index (χ0n) is 10.4. The molecule has 0 saturated heterocycles. The molecule has 0 radical (unpaired) electrons. The first kappa shape index (κ1) is 13.5. The summed E-state index contributed by atoms with van der Waals surface area (Å²) in [6.45, 7) is 0. The first-order valence-electron chi connectivity index (χ1n) is 7.01. The van der Waals surface area contributed by atoms with Crippen molar-refractivity contribution in [3.63, 3.8) is 0 Å². The lowest BCUT2D eigenvalue weighted by Gasteiger charge is -2.01. The predicted molar refractivity (Wildman–Crippen MR) is 66.5 cm³/mol. The van der Waals surface area contributed by atoms with Gasteiger partial charge in [-0.1, -0.05) is 64.2 Å². The summed E-state index contributed by atoms with van der Waals surface area (Å²) in [5.41, 5.74) is 0. The van der Waals surface area contributed by atoms with E-state index >= 15 is 0 Å². The van der Waals surface area contributed by atoms with Crippen LogP contribution in [0.15, 0.2) is 0 Å². The highest BCUT2D eigenvalue weighted by molar-refractivity contribution is 5.66. The Balaban J connectivity index is 1.66. The molecule has 0 unspecified atom stereocenters. The Morgan fingerprint density at radius 3 is 1.88 bits per heavy atom. The molecule has 0 aromatic rings. The molecule has 0 aromatic carbocycles. The van der Waals surface area contributed by atoms with Crippen molar-refractivity contribution in [2.75, 3.05) is 0 Å². The fourth-order valence-electron chi connectivity index (χ4n) is 2.18. The summed E-state index contributed by atoms with van der Waals surface area (Å²) in [5, 5.41) is 8.46. The molecule has 16 heavy (non-hydrogen) atoms. The molecular formula is C14H26O2. The van der Waals surface area contributed by atoms with Crippen molar-refractivity contribution in [3.05, 3.63) is 0 Å². The van der Waals surface area contributed by atoms with Crippen LogP contribution in [0.5, 0.6) is 0 Å². The third kappa shape index (κ3) is 8.75. The van der Waals surface area contributed by atoms with E-state index in [1.54, 1.807) is 0 Å². The van der Waals surface area contributed by atoms with Crippen molar-refractivity contribution in [1.29, 1.82) is 0 Å². The van der Waals surface area contributed by atoms with E-state index in [1.165, 1.54) is 57.8 Å². The summed E-state index contributed by atoms with van der Waals surface area (Å²) in [5.74, 6) is 0.441. The average molecular weight is 226 g/mol. The minimum Gasteiger partial charge on any atom is -0.481 e. The Kier molecular flexibility index (Phi) is 7.28. The van der Waals surface area contributed by atoms with Gasteiger partial charge in [-0.3, -0.25) is 4.79 Å². The second-order valence-electron chi connectivity index (χ2n) is 5.20. The van der Waals surface area contributed by atoms with Crippen LogP contribution in [-0.2, 0) is 4.79 Å². The van der Waals surface area contributed by atoms with Crippen LogP contribution in [0.3, 0.4) is 0 Å². The number of carbonyl (C=O) groups is 1. The van der Waals surface area contributed by atoms with Crippen LogP contribution in [0.4, 0.5) is 0 Å². The number of rotatable bonds is 11. The first-order valence-corrected chi connectivity index (χ1v) is 7.01. The highest BCUT2D eigenvalue weighted by Crippen LogP contribution is 2.34. The van der Waals surface area contributed by atoms with Gasteiger partial charge in [0.2, 0.25) is 0 Å². The van der Waals surface area contributed by atoms with Crippen molar-refractivity contribution in [3.8, 4) is 0 Å². The topological polar surface area (TPSA) is 37.3 Å². The lowest BCUT2D eigenvalue weighted by Crippen LogP contribution is -1.93. The highest BCUT2D eigenvalue weighted by Gasteiger charge is 2.19. The number of carboxylic acid groups (broad SMARTS) is 1. The van der Waals surface area contributed by atoms with Gasteiger partial charge in [0.25, 0.3) is 0 Å². The molecule has 0 heterocycles. The van der Waals surface area contributed by atoms with E-state index in [4.69, 9.17) is 5.11 Å². The van der Waals surface area contributed by atoms with Crippen LogP contribution in [-0.4, -0.2) is 11.1 Å². The summed E-state index contributed by atoms with van der Waals surface area (Å²) >= 11 is 0. The lowest BCUT2D eigenvalue weighted by molar-refractivity contribution is -0.137. The van der Waals surface area contributed by atoms with Crippen LogP contribution in [0.25, 0.3) is 0 Å². The molecule has 0 aliphatic heterocycles. The molecule has 2 nitrogen and oxygen atoms in total. The third-order valence-corrected chi connectivity index (χ3v) is 3.45. The number of unbranched alkanes of at least 4 members (excludes halogenated alkanes) is 7. The quantitative estimate of drug-likeness (QED) is 0.531. The van der Waals surface area contributed by atoms with Crippen LogP contribution in [0.2, 0.25) is 0 Å². The van der Waals surface area contributed by atoms with Gasteiger partial charge >= 0.3 is 5.97 Å². The molecular weight excluding hydrogens is 200 g/mol. The summed E-state index contributed by atoms with van der Waals surface area (Å²) in [6, 6.07) is 0. The van der Waals surface area contributed by atoms with E-state index in [0.717, 1.165) is 18.8 Å². The molecule has 1 aliphatic rings. The predicted octanol–water partition coefficient (Wildman–Crippen LogP) is 4.38. The smallest absolute Gasteiger partial charge is 0.303 e. The third-order valence-electron chi connectivity index (χ3n) is 3.45. The van der Waals surface area contributed by atoms with E-state index in [0.29, 0.717) is 6.42 Å². The van der Waals surface area contributed by atoms with Crippen molar-refractivity contribution < 1.29 is 9.90 Å². The van der Waals surface area contributed by atoms with E-state index in [1.807, 2.05) is 0 Å². The van der Waals surface area contributed by atoms with Gasteiger partial charge in [0.05, 0.1) is 0 Å². The number of hydrogen-bond acceptors (Lipinski definition) is 1. The van der Waals surface area contributed by atoms with Crippen LogP contribution < -0.4 is 0 Å². The van der Waals surface area contributed by atoms with Crippen molar-refractivity contribution in [2.45, 2.75) is 77.0 Å². The fraction of sp³-hybridized carbons (Fsp3) is 0.929. The minimum absolute atomic E-state index is 0.349. The van der Waals surface area contributed by atoms with Crippen molar-refractivity contribution in [1.82, 2.24) is 0 Å². The standard InChI is InChI=1S/C14H26O2/c15-14(16)10-8-6-4-2-1-3-5-7-9-13-11-12-13/h13H,1-12H2,(H,15,16). The van der Waals surface area contributed by atoms with Gasteiger partial charge in [0.1, 0.15) is 0 Å². The summed E-state index contributed by atoms with van der Waals surface area (Å²) in [4.78, 5) is 10.3. The van der Waals surface area contributed by atoms with Gasteiger partial charge in [-0.2, -0.15) is 0 Å². The zero-order chi connectivity index (χ0) is 11.6. The molecule has 0 amide bonds. The lowest BCUT2D eigenvalue weighted by atomic mass is 10.1. The molecule has 1 saturated carbocycles. The Labute approximate surface area is 99.4 Å². The van der Waals surface area contributed by atoms with E-state index < -0.39 is 5.97 Å². The minimum atomic E-state index is -0.653. The van der Waals surface area contributed by atoms with Crippen molar-refractivity contribution >= 4 is 5.97 Å². The maximum absolute atomic E-state index is 10.3. The van der Waals surface area contributed by atoms with E-state index in [9.17, 15) is 4.79 Å². The SMILES string of the molecule is O=C(O)CCCCCCCCCCC1CC1. The van der Waals surface area contributed by atoms with Gasteiger partial charge in [0, 0.05) is 6.42 Å². The molecule has 94 valence electrons. The molecule has 2 heteroatoms. The Hall–Kier alpha value is -0.530. The normalized spacial score (nSPS) is 15.2. The number of aliphatic carboxylic acids is 1. The molecule has 0 spiro atoms. The van der Waals surface area contributed by atoms with Gasteiger partial charge < -0.3 is 5.11 Å². The second-order valence-corrected chi connectivity index (χ2v) is 5.20. The molecule has 0 atom stereocenters. The summed E-state index contributed by atoms with van der Waals surface area (Å²) in [6.07, 6.45) is 14.8. The Morgan fingerprint density at radius 2 is 1.38 bits per heavy atom. The highest BCUT2D eigenvalue weighted by atomic mass is 16.4. The molecule has 1 N–H and O–H groups in total. The van der Waals surface area contributed by atoms with Crippen LogP contribution in [0.1, 0.15) is 77.0 Å². The molecule has 1 aliphatic carbocycles. The summed E-state index contributed by atoms with van der Waals surface area (Å²) < 4.78 is 0. The van der Waals surface area contributed by atoms with Gasteiger partial charge in [-0.15, -0.1) is 0 Å². The maximum atomic E-state index is 10.3. The molecule has 0 bridgehead atoms. The van der Waals surface area contributed by atoms with Gasteiger partial charge in [0.15, 0.2) is 0 Å². The molecule has 1 rings (SSSR count). The van der Waals surface area contributed by atoms with E-state index in [-0.39, 0.29) is 0 Å². The first-order chi connectivity index (χ1) is 7.79. The maximum Gasteiger partial charge on any atom is 0.303 e. The van der Waals surface area contributed by atoms with Crippen molar-refractivity contribution in [2.24, 2.45) is 5.92 Å². The largest absolute Gasteiger partial charge is 0.481 e. The fourth-order valence-corrected chi connectivity index (χ4v) is 2.18. The monoisotopic (exact) mass is 226 g/mol. The number of hydrogen-bond donors (Lipinski definition) is 1. The van der Waals surface area contributed by atoms with Crippen LogP contribution in [0, 0.1) is 5.92 Å². The molecule has 0 aromatic heterocycles. The molecule has 1 fully saturated rings. The zero-order valence-corrected chi connectivity index (χ0v) is 10.4. The average Bonchev–Trinajstić information content (AvgIpc) is 3.04. The Bertz CT molecular complexity index is 185. The summed E-state index contributed by atoms with van der Waals surface area (Å²) in [7, 11) is 0. The second kappa shape index (κ2) is 8.60. The van der Waals surface area contributed by atoms with E-state index in [2.05, 4.69) is 0 Å².